The van der Waals surface area contributed by atoms with Crippen molar-refractivity contribution in [2.75, 3.05) is 0 Å². The van der Waals surface area contributed by atoms with Crippen molar-refractivity contribution in [1.29, 1.82) is 0 Å². The highest BCUT2D eigenvalue weighted by Crippen LogP contribution is 2.05. The molecule has 0 fully saturated rings. The van der Waals surface area contributed by atoms with Crippen molar-refractivity contribution in [3.05, 3.63) is 36.0 Å². The summed E-state index contributed by atoms with van der Waals surface area (Å²) in [6, 6.07) is 0. The molecule has 0 rings (SSSR count). The molecule has 0 spiro atoms. The van der Waals surface area contributed by atoms with E-state index in [4.69, 9.17) is 0 Å². The summed E-state index contributed by atoms with van der Waals surface area (Å²) in [5, 5.41) is 0. The Kier molecular flexibility index (Phi) is 4.65. The SMILES string of the molecule is C=C(C)C=C(C=CC)CC. The fourth-order valence-electron chi connectivity index (χ4n) is 0.799. The first kappa shape index (κ1) is 9.22. The predicted octanol–water partition coefficient (Wildman–Crippen LogP) is 3.48. The highest BCUT2D eigenvalue weighted by Gasteiger charge is 1.85. The monoisotopic (exact) mass is 136 g/mol. The highest BCUT2D eigenvalue weighted by molar-refractivity contribution is 5.26. The Morgan fingerprint density at radius 3 is 2.40 bits per heavy atom. The van der Waals surface area contributed by atoms with E-state index in [1.54, 1.807) is 0 Å². The zero-order chi connectivity index (χ0) is 7.98. The Morgan fingerprint density at radius 2 is 2.10 bits per heavy atom. The number of hydrogen-bond acceptors (Lipinski definition) is 0. The van der Waals surface area contributed by atoms with E-state index in [9.17, 15) is 0 Å². The number of allylic oxidation sites excluding steroid dienone is 5. The van der Waals surface area contributed by atoms with E-state index in [1.807, 2.05) is 13.8 Å². The van der Waals surface area contributed by atoms with Gasteiger partial charge in [0.25, 0.3) is 0 Å². The zero-order valence-corrected chi connectivity index (χ0v) is 7.15. The summed E-state index contributed by atoms with van der Waals surface area (Å²) in [5.74, 6) is 0. The van der Waals surface area contributed by atoms with Crippen LogP contribution in [0.3, 0.4) is 0 Å². The fraction of sp³-hybridized carbons (Fsp3) is 0.400. The van der Waals surface area contributed by atoms with Crippen LogP contribution >= 0.6 is 0 Å². The first-order valence-corrected chi connectivity index (χ1v) is 3.69. The summed E-state index contributed by atoms with van der Waals surface area (Å²) in [5.41, 5.74) is 2.46. The maximum atomic E-state index is 3.81. The summed E-state index contributed by atoms with van der Waals surface area (Å²) >= 11 is 0. The second-order valence-corrected chi connectivity index (χ2v) is 2.42. The minimum atomic E-state index is 1.08. The van der Waals surface area contributed by atoms with E-state index in [-0.39, 0.29) is 0 Å². The van der Waals surface area contributed by atoms with Crippen LogP contribution in [0.15, 0.2) is 36.0 Å². The molecule has 56 valence electrons. The molecule has 0 atom stereocenters. The van der Waals surface area contributed by atoms with Crippen LogP contribution < -0.4 is 0 Å². The second-order valence-electron chi connectivity index (χ2n) is 2.42. The standard InChI is InChI=1S/C10H16/c1-5-7-10(6-2)8-9(3)4/h5,7-8H,3,6H2,1-2,4H3. The van der Waals surface area contributed by atoms with Crippen LogP contribution in [0.4, 0.5) is 0 Å². The minimum Gasteiger partial charge on any atom is -0.0961 e. The largest absolute Gasteiger partial charge is 0.0961 e. The molecule has 0 amide bonds. The average molecular weight is 136 g/mol. The van der Waals surface area contributed by atoms with Crippen LogP contribution in [0.25, 0.3) is 0 Å². The van der Waals surface area contributed by atoms with E-state index in [0.29, 0.717) is 0 Å². The Morgan fingerprint density at radius 1 is 1.50 bits per heavy atom. The van der Waals surface area contributed by atoms with Gasteiger partial charge in [-0.2, -0.15) is 0 Å². The molecule has 0 heteroatoms. The van der Waals surface area contributed by atoms with Crippen molar-refractivity contribution >= 4 is 0 Å². The predicted molar refractivity (Wildman–Crippen MR) is 48.0 cm³/mol. The summed E-state index contributed by atoms with van der Waals surface area (Å²) < 4.78 is 0. The van der Waals surface area contributed by atoms with Crippen molar-refractivity contribution in [1.82, 2.24) is 0 Å². The molecule has 0 aliphatic rings. The minimum absolute atomic E-state index is 1.08. The Bertz CT molecular complexity index is 159. The molecule has 0 N–H and O–H groups in total. The van der Waals surface area contributed by atoms with Gasteiger partial charge in [-0.25, -0.2) is 0 Å². The summed E-state index contributed by atoms with van der Waals surface area (Å²) in [6.45, 7) is 10.0. The van der Waals surface area contributed by atoms with Gasteiger partial charge in [0.15, 0.2) is 0 Å². The molecule has 0 radical (unpaired) electrons. The van der Waals surface area contributed by atoms with Crippen molar-refractivity contribution in [3.63, 3.8) is 0 Å². The normalized spacial score (nSPS) is 12.5. The Labute approximate surface area is 64.0 Å². The summed E-state index contributed by atoms with van der Waals surface area (Å²) in [7, 11) is 0. The van der Waals surface area contributed by atoms with Gasteiger partial charge < -0.3 is 0 Å². The van der Waals surface area contributed by atoms with Gasteiger partial charge in [0.1, 0.15) is 0 Å². The van der Waals surface area contributed by atoms with Crippen molar-refractivity contribution in [2.45, 2.75) is 27.2 Å². The molecule has 0 aliphatic carbocycles. The molecular formula is C10H16. The molecule has 10 heavy (non-hydrogen) atoms. The molecule has 0 aromatic rings. The van der Waals surface area contributed by atoms with Gasteiger partial charge in [0.2, 0.25) is 0 Å². The van der Waals surface area contributed by atoms with Crippen molar-refractivity contribution in [2.24, 2.45) is 0 Å². The lowest BCUT2D eigenvalue weighted by Crippen LogP contribution is -1.74. The van der Waals surface area contributed by atoms with Gasteiger partial charge in [-0.05, 0) is 25.8 Å². The lowest BCUT2D eigenvalue weighted by atomic mass is 10.1. The van der Waals surface area contributed by atoms with E-state index in [2.05, 4.69) is 31.7 Å². The third-order valence-electron chi connectivity index (χ3n) is 1.22. The Balaban J connectivity index is 4.18. The first-order chi connectivity index (χ1) is 4.70. The molecular weight excluding hydrogens is 120 g/mol. The molecule has 0 unspecified atom stereocenters. The van der Waals surface area contributed by atoms with E-state index >= 15 is 0 Å². The lowest BCUT2D eigenvalue weighted by molar-refractivity contribution is 1.14. The number of hydrogen-bond donors (Lipinski definition) is 0. The lowest BCUT2D eigenvalue weighted by Gasteiger charge is -1.95. The molecule has 0 aromatic carbocycles. The summed E-state index contributed by atoms with van der Waals surface area (Å²) in [6.07, 6.45) is 7.37. The van der Waals surface area contributed by atoms with Crippen LogP contribution in [0.1, 0.15) is 27.2 Å². The van der Waals surface area contributed by atoms with Gasteiger partial charge >= 0.3 is 0 Å². The maximum Gasteiger partial charge on any atom is -0.0307 e. The zero-order valence-electron chi connectivity index (χ0n) is 7.15. The van der Waals surface area contributed by atoms with Crippen molar-refractivity contribution in [3.8, 4) is 0 Å². The van der Waals surface area contributed by atoms with Gasteiger partial charge in [-0.1, -0.05) is 37.3 Å². The molecule has 0 saturated heterocycles. The van der Waals surface area contributed by atoms with Crippen LogP contribution in [0.5, 0.6) is 0 Å². The third-order valence-corrected chi connectivity index (χ3v) is 1.22. The molecule has 0 aromatic heterocycles. The van der Waals surface area contributed by atoms with E-state index in [0.717, 1.165) is 12.0 Å². The quantitative estimate of drug-likeness (QED) is 0.521. The molecule has 0 nitrogen and oxygen atoms in total. The fourth-order valence-corrected chi connectivity index (χ4v) is 0.799. The van der Waals surface area contributed by atoms with Crippen molar-refractivity contribution < 1.29 is 0 Å². The van der Waals surface area contributed by atoms with Crippen LogP contribution in [0.2, 0.25) is 0 Å². The number of rotatable bonds is 3. The van der Waals surface area contributed by atoms with Gasteiger partial charge in [0, 0.05) is 0 Å². The Hall–Kier alpha value is -0.780. The highest BCUT2D eigenvalue weighted by atomic mass is 13.9. The first-order valence-electron chi connectivity index (χ1n) is 3.69. The van der Waals surface area contributed by atoms with Gasteiger partial charge in [-0.15, -0.1) is 0 Å². The molecule has 0 saturated carbocycles. The average Bonchev–Trinajstić information content (AvgIpc) is 1.86. The molecule has 0 heterocycles. The molecule has 0 bridgehead atoms. The van der Waals surface area contributed by atoms with Crippen LogP contribution in [-0.4, -0.2) is 0 Å². The van der Waals surface area contributed by atoms with Crippen LogP contribution in [-0.2, 0) is 0 Å². The summed E-state index contributed by atoms with van der Waals surface area (Å²) in [4.78, 5) is 0. The van der Waals surface area contributed by atoms with Crippen LogP contribution in [0, 0.1) is 0 Å². The second kappa shape index (κ2) is 5.04. The van der Waals surface area contributed by atoms with E-state index < -0.39 is 0 Å². The topological polar surface area (TPSA) is 0 Å². The van der Waals surface area contributed by atoms with E-state index in [1.165, 1.54) is 5.57 Å². The van der Waals surface area contributed by atoms with Gasteiger partial charge in [-0.3, -0.25) is 0 Å². The smallest absolute Gasteiger partial charge is 0.0307 e. The third kappa shape index (κ3) is 4.13. The molecule has 0 aliphatic heterocycles. The maximum absolute atomic E-state index is 3.81. The van der Waals surface area contributed by atoms with Gasteiger partial charge in [0.05, 0.1) is 0 Å².